The van der Waals surface area contributed by atoms with Gasteiger partial charge in [0, 0.05) is 24.9 Å². The van der Waals surface area contributed by atoms with Gasteiger partial charge in [-0.1, -0.05) is 60.7 Å². The maximum absolute atomic E-state index is 12.2. The minimum absolute atomic E-state index is 0.111. The minimum Gasteiger partial charge on any atom is -0.356 e. The number of benzene rings is 2. The summed E-state index contributed by atoms with van der Waals surface area (Å²) < 4.78 is 0. The molecule has 4 nitrogen and oxygen atoms in total. The summed E-state index contributed by atoms with van der Waals surface area (Å²) in [4.78, 5) is 24.4. The van der Waals surface area contributed by atoms with E-state index in [0.717, 1.165) is 19.3 Å². The van der Waals surface area contributed by atoms with Gasteiger partial charge in [0.2, 0.25) is 11.8 Å². The van der Waals surface area contributed by atoms with E-state index in [1.54, 1.807) is 0 Å². The van der Waals surface area contributed by atoms with Gasteiger partial charge >= 0.3 is 0 Å². The molecule has 2 aromatic carbocycles. The average Bonchev–Trinajstić information content (AvgIpc) is 3.62. The van der Waals surface area contributed by atoms with Crippen LogP contribution in [0, 0.1) is 11.8 Å². The molecule has 0 aliphatic heterocycles. The van der Waals surface area contributed by atoms with Crippen molar-refractivity contribution >= 4 is 11.8 Å². The molecular formula is C23H26N2O2. The number of carbonyl (C=O) groups is 2. The molecule has 4 rings (SSSR count). The van der Waals surface area contributed by atoms with E-state index in [2.05, 4.69) is 34.9 Å². The Balaban J connectivity index is 1.10. The molecule has 0 radical (unpaired) electrons. The minimum atomic E-state index is 0.111. The Morgan fingerprint density at radius 1 is 0.704 bits per heavy atom. The van der Waals surface area contributed by atoms with Crippen LogP contribution in [-0.2, 0) is 9.59 Å². The first-order valence-corrected chi connectivity index (χ1v) is 9.89. The van der Waals surface area contributed by atoms with Gasteiger partial charge in [-0.3, -0.25) is 9.59 Å². The van der Waals surface area contributed by atoms with E-state index in [0.29, 0.717) is 24.9 Å². The Kier molecular flexibility index (Phi) is 5.23. The van der Waals surface area contributed by atoms with Crippen LogP contribution in [0.15, 0.2) is 60.7 Å². The summed E-state index contributed by atoms with van der Waals surface area (Å²) in [6, 6.07) is 20.4. The number of hydrogen-bond acceptors (Lipinski definition) is 2. The Bertz CT molecular complexity index is 723. The lowest BCUT2D eigenvalue weighted by Gasteiger charge is -2.07. The Hall–Kier alpha value is -2.62. The molecule has 0 unspecified atom stereocenters. The maximum Gasteiger partial charge on any atom is 0.223 e. The fourth-order valence-electron chi connectivity index (χ4n) is 3.88. The Labute approximate surface area is 160 Å². The SMILES string of the molecule is O=C(NCCCNC(=O)[C@@H]1C[C@@H]1c1ccccc1)[C@H]1C[C@H]1c1ccccc1. The Morgan fingerprint density at radius 2 is 1.11 bits per heavy atom. The summed E-state index contributed by atoms with van der Waals surface area (Å²) in [5, 5.41) is 6.01. The van der Waals surface area contributed by atoms with Crippen molar-refractivity contribution in [3.8, 4) is 0 Å². The average molecular weight is 362 g/mol. The summed E-state index contributed by atoms with van der Waals surface area (Å²) in [7, 11) is 0. The van der Waals surface area contributed by atoms with E-state index in [9.17, 15) is 9.59 Å². The third kappa shape index (κ3) is 4.38. The van der Waals surface area contributed by atoms with Gasteiger partial charge in [-0.25, -0.2) is 0 Å². The van der Waals surface area contributed by atoms with Gasteiger partial charge in [-0.05, 0) is 42.2 Å². The van der Waals surface area contributed by atoms with Gasteiger partial charge in [0.25, 0.3) is 0 Å². The normalized spacial score (nSPS) is 25.5. The quantitative estimate of drug-likeness (QED) is 0.709. The predicted molar refractivity (Wildman–Crippen MR) is 105 cm³/mol. The molecule has 2 saturated carbocycles. The molecule has 0 saturated heterocycles. The van der Waals surface area contributed by atoms with Crippen LogP contribution in [0.2, 0.25) is 0 Å². The van der Waals surface area contributed by atoms with Gasteiger partial charge in [-0.15, -0.1) is 0 Å². The molecule has 2 aliphatic rings. The molecule has 0 aromatic heterocycles. The third-order valence-electron chi connectivity index (χ3n) is 5.66. The highest BCUT2D eigenvalue weighted by Crippen LogP contribution is 2.48. The molecule has 0 heterocycles. The van der Waals surface area contributed by atoms with Crippen LogP contribution in [-0.4, -0.2) is 24.9 Å². The van der Waals surface area contributed by atoms with Crippen LogP contribution < -0.4 is 10.6 Å². The van der Waals surface area contributed by atoms with Gasteiger partial charge in [0.1, 0.15) is 0 Å². The number of nitrogens with one attached hydrogen (secondary N) is 2. The lowest BCUT2D eigenvalue weighted by Crippen LogP contribution is -2.31. The highest BCUT2D eigenvalue weighted by atomic mass is 16.2. The Morgan fingerprint density at radius 3 is 1.52 bits per heavy atom. The van der Waals surface area contributed by atoms with Crippen molar-refractivity contribution in [1.29, 1.82) is 0 Å². The fourth-order valence-corrected chi connectivity index (χ4v) is 3.88. The van der Waals surface area contributed by atoms with Crippen molar-refractivity contribution in [3.05, 3.63) is 71.8 Å². The topological polar surface area (TPSA) is 58.2 Å². The largest absolute Gasteiger partial charge is 0.356 e. The molecule has 2 N–H and O–H groups in total. The zero-order valence-electron chi connectivity index (χ0n) is 15.4. The predicted octanol–water partition coefficient (Wildman–Crippen LogP) is 3.22. The summed E-state index contributed by atoms with van der Waals surface area (Å²) in [6.45, 7) is 1.23. The fraction of sp³-hybridized carbons (Fsp3) is 0.391. The first kappa shape index (κ1) is 17.8. The van der Waals surface area contributed by atoms with Gasteiger partial charge in [0.15, 0.2) is 0 Å². The number of carbonyl (C=O) groups excluding carboxylic acids is 2. The molecule has 2 fully saturated rings. The van der Waals surface area contributed by atoms with Crippen LogP contribution in [0.5, 0.6) is 0 Å². The highest BCUT2D eigenvalue weighted by molar-refractivity contribution is 5.83. The van der Waals surface area contributed by atoms with Crippen molar-refractivity contribution < 1.29 is 9.59 Å². The molecule has 140 valence electrons. The molecule has 2 aromatic rings. The van der Waals surface area contributed by atoms with E-state index >= 15 is 0 Å². The summed E-state index contributed by atoms with van der Waals surface area (Å²) >= 11 is 0. The van der Waals surface area contributed by atoms with Crippen molar-refractivity contribution in [2.24, 2.45) is 11.8 Å². The lowest BCUT2D eigenvalue weighted by molar-refractivity contribution is -0.122. The third-order valence-corrected chi connectivity index (χ3v) is 5.66. The van der Waals surface area contributed by atoms with E-state index in [1.165, 1.54) is 11.1 Å². The molecule has 0 spiro atoms. The van der Waals surface area contributed by atoms with Crippen LogP contribution in [0.4, 0.5) is 0 Å². The first-order chi connectivity index (χ1) is 13.2. The second kappa shape index (κ2) is 7.95. The number of rotatable bonds is 8. The van der Waals surface area contributed by atoms with E-state index in [4.69, 9.17) is 0 Å². The number of hydrogen-bond donors (Lipinski definition) is 2. The molecule has 4 heteroatoms. The van der Waals surface area contributed by atoms with Crippen LogP contribution in [0.1, 0.15) is 42.2 Å². The molecule has 27 heavy (non-hydrogen) atoms. The van der Waals surface area contributed by atoms with Gasteiger partial charge in [0.05, 0.1) is 0 Å². The van der Waals surface area contributed by atoms with Crippen LogP contribution >= 0.6 is 0 Å². The van der Waals surface area contributed by atoms with Gasteiger partial charge in [-0.2, -0.15) is 0 Å². The van der Waals surface area contributed by atoms with Crippen LogP contribution in [0.25, 0.3) is 0 Å². The maximum atomic E-state index is 12.2. The molecule has 2 aliphatic carbocycles. The summed E-state index contributed by atoms with van der Waals surface area (Å²) in [6.07, 6.45) is 2.65. The zero-order valence-corrected chi connectivity index (χ0v) is 15.4. The molecule has 2 amide bonds. The zero-order chi connectivity index (χ0) is 18.6. The molecular weight excluding hydrogens is 336 g/mol. The monoisotopic (exact) mass is 362 g/mol. The second-order valence-electron chi connectivity index (χ2n) is 7.65. The summed E-state index contributed by atoms with van der Waals surface area (Å²) in [5.41, 5.74) is 2.50. The first-order valence-electron chi connectivity index (χ1n) is 9.89. The number of amides is 2. The molecule has 4 atom stereocenters. The molecule has 0 bridgehead atoms. The van der Waals surface area contributed by atoms with E-state index < -0.39 is 0 Å². The van der Waals surface area contributed by atoms with Crippen molar-refractivity contribution in [3.63, 3.8) is 0 Å². The second-order valence-corrected chi connectivity index (χ2v) is 7.65. The summed E-state index contributed by atoms with van der Waals surface area (Å²) in [5.74, 6) is 1.24. The van der Waals surface area contributed by atoms with Crippen molar-refractivity contribution in [2.75, 3.05) is 13.1 Å². The smallest absolute Gasteiger partial charge is 0.223 e. The van der Waals surface area contributed by atoms with Crippen LogP contribution in [0.3, 0.4) is 0 Å². The van der Waals surface area contributed by atoms with Crippen molar-refractivity contribution in [2.45, 2.75) is 31.1 Å². The highest BCUT2D eigenvalue weighted by Gasteiger charge is 2.44. The van der Waals surface area contributed by atoms with E-state index in [-0.39, 0.29) is 23.7 Å². The lowest BCUT2D eigenvalue weighted by atomic mass is 10.1. The van der Waals surface area contributed by atoms with Crippen molar-refractivity contribution in [1.82, 2.24) is 10.6 Å². The standard InChI is InChI=1S/C23H26N2O2/c26-22(20-14-18(20)16-8-3-1-4-9-16)24-12-7-13-25-23(27)21-15-19(21)17-10-5-2-6-11-17/h1-6,8-11,18-21H,7,12-15H2,(H,24,26)(H,25,27)/t18-,19+,20-,21+. The van der Waals surface area contributed by atoms with E-state index in [1.807, 2.05) is 36.4 Å². The van der Waals surface area contributed by atoms with Gasteiger partial charge < -0.3 is 10.6 Å².